The van der Waals surface area contributed by atoms with Crippen molar-refractivity contribution >= 4 is 11.5 Å². The van der Waals surface area contributed by atoms with E-state index in [0.29, 0.717) is 0 Å². The van der Waals surface area contributed by atoms with E-state index in [9.17, 15) is 0 Å². The highest BCUT2D eigenvalue weighted by Crippen LogP contribution is 2.32. The Bertz CT molecular complexity index is 578. The molecule has 0 unspecified atom stereocenters. The van der Waals surface area contributed by atoms with Crippen LogP contribution in [0.4, 0.5) is 11.5 Å². The summed E-state index contributed by atoms with van der Waals surface area (Å²) in [6.07, 6.45) is 4.17. The van der Waals surface area contributed by atoms with Crippen LogP contribution in [0.1, 0.15) is 30.5 Å². The van der Waals surface area contributed by atoms with Gasteiger partial charge in [-0.2, -0.15) is 0 Å². The minimum absolute atomic E-state index is 0.0433. The van der Waals surface area contributed by atoms with Crippen LogP contribution in [0.25, 0.3) is 0 Å². The van der Waals surface area contributed by atoms with Gasteiger partial charge in [-0.15, -0.1) is 0 Å². The van der Waals surface area contributed by atoms with Gasteiger partial charge < -0.3 is 10.6 Å². The van der Waals surface area contributed by atoms with E-state index in [2.05, 4.69) is 40.2 Å². The van der Waals surface area contributed by atoms with Crippen molar-refractivity contribution in [1.29, 1.82) is 0 Å². The Morgan fingerprint density at radius 2 is 2.11 bits per heavy atom. The molecule has 3 nitrogen and oxygen atoms in total. The van der Waals surface area contributed by atoms with Crippen LogP contribution in [0.2, 0.25) is 0 Å². The number of fused-ring (bicyclic) bond motifs is 1. The maximum Gasteiger partial charge on any atom is 0.133 e. The number of aryl methyl sites for hydroxylation is 1. The maximum absolute atomic E-state index is 5.96. The van der Waals surface area contributed by atoms with E-state index in [-0.39, 0.29) is 6.04 Å². The van der Waals surface area contributed by atoms with Crippen LogP contribution in [-0.4, -0.2) is 11.5 Å². The number of hydrogen-bond acceptors (Lipinski definition) is 3. The summed E-state index contributed by atoms with van der Waals surface area (Å²) in [5.74, 6) is 1.00. The molecule has 2 heterocycles. The number of rotatable bonds is 2. The second-order valence-electron chi connectivity index (χ2n) is 5.12. The van der Waals surface area contributed by atoms with Crippen LogP contribution < -0.4 is 10.6 Å². The molecule has 0 fully saturated rings. The monoisotopic (exact) mass is 253 g/mol. The van der Waals surface area contributed by atoms with Crippen molar-refractivity contribution in [3.05, 3.63) is 53.7 Å². The topological polar surface area (TPSA) is 42.1 Å². The van der Waals surface area contributed by atoms with Gasteiger partial charge in [0.25, 0.3) is 0 Å². The second kappa shape index (κ2) is 5.02. The molecule has 1 aromatic carbocycles. The Hall–Kier alpha value is -1.87. The molecule has 0 aliphatic carbocycles. The first-order valence-corrected chi connectivity index (χ1v) is 6.82. The summed E-state index contributed by atoms with van der Waals surface area (Å²) < 4.78 is 0. The summed E-state index contributed by atoms with van der Waals surface area (Å²) >= 11 is 0. The first-order valence-electron chi connectivity index (χ1n) is 6.82. The molecule has 1 aromatic heterocycles. The zero-order valence-corrected chi connectivity index (χ0v) is 11.2. The van der Waals surface area contributed by atoms with Crippen molar-refractivity contribution in [1.82, 2.24) is 4.98 Å². The van der Waals surface area contributed by atoms with Crippen molar-refractivity contribution in [3.63, 3.8) is 0 Å². The van der Waals surface area contributed by atoms with Crippen LogP contribution >= 0.6 is 0 Å². The predicted molar refractivity (Wildman–Crippen MR) is 78.6 cm³/mol. The Morgan fingerprint density at radius 3 is 2.95 bits per heavy atom. The number of anilines is 2. The molecule has 0 bridgehead atoms. The summed E-state index contributed by atoms with van der Waals surface area (Å²) in [6, 6.07) is 12.7. The number of pyridine rings is 1. The van der Waals surface area contributed by atoms with Gasteiger partial charge in [-0.05, 0) is 49.1 Å². The Kier molecular flexibility index (Phi) is 3.22. The Morgan fingerprint density at radius 1 is 1.26 bits per heavy atom. The van der Waals surface area contributed by atoms with Gasteiger partial charge in [0.15, 0.2) is 0 Å². The molecule has 0 spiro atoms. The van der Waals surface area contributed by atoms with Crippen LogP contribution in [0.5, 0.6) is 0 Å². The maximum atomic E-state index is 5.96. The largest absolute Gasteiger partial charge is 0.326 e. The Labute approximate surface area is 114 Å². The van der Waals surface area contributed by atoms with Gasteiger partial charge in [0, 0.05) is 24.5 Å². The Balaban J connectivity index is 2.01. The smallest absolute Gasteiger partial charge is 0.133 e. The van der Waals surface area contributed by atoms with Crippen molar-refractivity contribution in [3.8, 4) is 0 Å². The van der Waals surface area contributed by atoms with Crippen molar-refractivity contribution in [2.24, 2.45) is 5.73 Å². The molecule has 2 aromatic rings. The predicted octanol–water partition coefficient (Wildman–Crippen LogP) is 3.19. The molecule has 1 atom stereocenters. The zero-order chi connectivity index (χ0) is 13.2. The fourth-order valence-corrected chi connectivity index (χ4v) is 2.64. The van der Waals surface area contributed by atoms with Crippen molar-refractivity contribution < 1.29 is 0 Å². The van der Waals surface area contributed by atoms with Gasteiger partial charge in [-0.3, -0.25) is 0 Å². The van der Waals surface area contributed by atoms with Crippen LogP contribution in [-0.2, 0) is 6.42 Å². The summed E-state index contributed by atoms with van der Waals surface area (Å²) in [5.41, 5.74) is 9.78. The van der Waals surface area contributed by atoms with Gasteiger partial charge in [0.1, 0.15) is 5.82 Å². The SMILES string of the molecule is C[C@H](N)c1ccnc(N2CCCc3ccccc32)c1. The van der Waals surface area contributed by atoms with E-state index in [0.717, 1.165) is 24.3 Å². The summed E-state index contributed by atoms with van der Waals surface area (Å²) in [5, 5.41) is 0. The molecule has 0 radical (unpaired) electrons. The molecule has 0 saturated carbocycles. The van der Waals surface area contributed by atoms with E-state index in [4.69, 9.17) is 5.73 Å². The highest BCUT2D eigenvalue weighted by Gasteiger charge is 2.18. The molecule has 1 aliphatic rings. The van der Waals surface area contributed by atoms with E-state index in [1.54, 1.807) is 0 Å². The highest BCUT2D eigenvalue weighted by atomic mass is 15.2. The number of aromatic nitrogens is 1. The normalized spacial score (nSPS) is 16.0. The summed E-state index contributed by atoms with van der Waals surface area (Å²) in [6.45, 7) is 3.02. The highest BCUT2D eigenvalue weighted by molar-refractivity contribution is 5.65. The third-order valence-corrected chi connectivity index (χ3v) is 3.68. The lowest BCUT2D eigenvalue weighted by atomic mass is 10.0. The second-order valence-corrected chi connectivity index (χ2v) is 5.12. The lowest BCUT2D eigenvalue weighted by molar-refractivity contribution is 0.755. The number of nitrogens with zero attached hydrogens (tertiary/aromatic N) is 2. The van der Waals surface area contributed by atoms with Crippen molar-refractivity contribution in [2.45, 2.75) is 25.8 Å². The van der Waals surface area contributed by atoms with Gasteiger partial charge >= 0.3 is 0 Å². The number of para-hydroxylation sites is 1. The molecule has 1 aliphatic heterocycles. The van der Waals surface area contributed by atoms with Crippen LogP contribution in [0.3, 0.4) is 0 Å². The minimum atomic E-state index is 0.0433. The lowest BCUT2D eigenvalue weighted by Crippen LogP contribution is -2.25. The first-order chi connectivity index (χ1) is 9.25. The quantitative estimate of drug-likeness (QED) is 0.893. The molecule has 98 valence electrons. The molecule has 3 rings (SSSR count). The molecule has 0 amide bonds. The van der Waals surface area contributed by atoms with E-state index in [1.165, 1.54) is 17.7 Å². The average molecular weight is 253 g/mol. The zero-order valence-electron chi connectivity index (χ0n) is 11.2. The lowest BCUT2D eigenvalue weighted by Gasteiger charge is -2.30. The number of benzene rings is 1. The fourth-order valence-electron chi connectivity index (χ4n) is 2.64. The first kappa shape index (κ1) is 12.2. The third-order valence-electron chi connectivity index (χ3n) is 3.68. The van der Waals surface area contributed by atoms with Gasteiger partial charge in [-0.25, -0.2) is 4.98 Å². The summed E-state index contributed by atoms with van der Waals surface area (Å²) in [4.78, 5) is 6.81. The van der Waals surface area contributed by atoms with Gasteiger partial charge in [0.2, 0.25) is 0 Å². The minimum Gasteiger partial charge on any atom is -0.326 e. The molecule has 0 saturated heterocycles. The molecular weight excluding hydrogens is 234 g/mol. The van der Waals surface area contributed by atoms with Crippen LogP contribution in [0, 0.1) is 0 Å². The molecule has 19 heavy (non-hydrogen) atoms. The third kappa shape index (κ3) is 2.34. The standard InChI is InChI=1S/C16H19N3/c1-12(17)14-8-9-18-16(11-14)19-10-4-6-13-5-2-3-7-15(13)19/h2-3,5,7-9,11-12H,4,6,10,17H2,1H3/t12-/m0/s1. The molecule has 2 N–H and O–H groups in total. The number of hydrogen-bond donors (Lipinski definition) is 1. The van der Waals surface area contributed by atoms with Gasteiger partial charge in [-0.1, -0.05) is 18.2 Å². The van der Waals surface area contributed by atoms with E-state index in [1.807, 2.05) is 19.2 Å². The van der Waals surface area contributed by atoms with Gasteiger partial charge in [0.05, 0.1) is 0 Å². The summed E-state index contributed by atoms with van der Waals surface area (Å²) in [7, 11) is 0. The fraction of sp³-hybridized carbons (Fsp3) is 0.312. The van der Waals surface area contributed by atoms with E-state index >= 15 is 0 Å². The number of nitrogens with two attached hydrogens (primary N) is 1. The molecular formula is C16H19N3. The van der Waals surface area contributed by atoms with E-state index < -0.39 is 0 Å². The van der Waals surface area contributed by atoms with Crippen molar-refractivity contribution in [2.75, 3.05) is 11.4 Å². The molecule has 3 heteroatoms. The average Bonchev–Trinajstić information content (AvgIpc) is 2.47. The van der Waals surface area contributed by atoms with Crippen LogP contribution in [0.15, 0.2) is 42.6 Å².